The minimum atomic E-state index is 0.390. The van der Waals surface area contributed by atoms with Crippen molar-refractivity contribution in [2.75, 3.05) is 0 Å². The second-order valence-electron chi connectivity index (χ2n) is 4.32. The number of nitrogens with zero attached hydrogens (tertiary/aromatic N) is 3. The number of benzene rings is 1. The third-order valence-electron chi connectivity index (χ3n) is 2.94. The van der Waals surface area contributed by atoms with E-state index in [1.807, 2.05) is 36.5 Å². The molecule has 3 aromatic rings. The molecule has 0 aliphatic heterocycles. The third kappa shape index (κ3) is 2.55. The monoisotopic (exact) mass is 303 g/mol. The van der Waals surface area contributed by atoms with E-state index >= 15 is 0 Å². The quantitative estimate of drug-likeness (QED) is 0.674. The summed E-state index contributed by atoms with van der Waals surface area (Å²) in [5.41, 5.74) is 3.01. The highest BCUT2D eigenvalue weighted by atomic mass is 35.5. The molecule has 0 N–H and O–H groups in total. The Morgan fingerprint density at radius 1 is 1.05 bits per heavy atom. The smallest absolute Gasteiger partial charge is 0.172 e. The van der Waals surface area contributed by atoms with Gasteiger partial charge in [0.25, 0.3) is 0 Å². The predicted octanol–water partition coefficient (Wildman–Crippen LogP) is 4.33. The molecule has 0 amide bonds. The van der Waals surface area contributed by atoms with E-state index in [-0.39, 0.29) is 0 Å². The summed E-state index contributed by atoms with van der Waals surface area (Å²) in [5.74, 6) is 0.990. The van der Waals surface area contributed by atoms with Crippen molar-refractivity contribution >= 4 is 23.2 Å². The summed E-state index contributed by atoms with van der Waals surface area (Å²) in [6, 6.07) is 11.8. The van der Waals surface area contributed by atoms with Gasteiger partial charge in [-0.25, -0.2) is 9.67 Å². The Bertz CT molecular complexity index is 723. The zero-order valence-electron chi connectivity index (χ0n) is 10.5. The van der Waals surface area contributed by atoms with Crippen LogP contribution in [-0.4, -0.2) is 14.8 Å². The van der Waals surface area contributed by atoms with Crippen LogP contribution in [0.25, 0.3) is 16.9 Å². The number of rotatable bonds is 3. The van der Waals surface area contributed by atoms with Gasteiger partial charge >= 0.3 is 0 Å². The SMILES string of the molecule is ClCc1cnc(-n2cc(-c3ccccc3)cn2)c(Cl)c1. The molecule has 100 valence electrons. The van der Waals surface area contributed by atoms with Gasteiger partial charge in [-0.2, -0.15) is 5.10 Å². The van der Waals surface area contributed by atoms with Gasteiger partial charge in [-0.05, 0) is 17.2 Å². The van der Waals surface area contributed by atoms with Crippen LogP contribution in [0.5, 0.6) is 0 Å². The Morgan fingerprint density at radius 2 is 1.85 bits per heavy atom. The first-order chi connectivity index (χ1) is 9.78. The number of pyridine rings is 1. The van der Waals surface area contributed by atoms with Crippen molar-refractivity contribution in [3.05, 3.63) is 65.6 Å². The molecule has 0 saturated carbocycles. The summed E-state index contributed by atoms with van der Waals surface area (Å²) >= 11 is 12.0. The topological polar surface area (TPSA) is 30.7 Å². The van der Waals surface area contributed by atoms with Crippen LogP contribution in [-0.2, 0) is 5.88 Å². The summed E-state index contributed by atoms with van der Waals surface area (Å²) in [6.07, 6.45) is 5.41. The zero-order valence-corrected chi connectivity index (χ0v) is 12.0. The molecule has 0 fully saturated rings. The molecule has 5 heteroatoms. The molecule has 0 spiro atoms. The summed E-state index contributed by atoms with van der Waals surface area (Å²) in [5, 5.41) is 4.85. The first kappa shape index (κ1) is 13.2. The summed E-state index contributed by atoms with van der Waals surface area (Å²) in [4.78, 5) is 4.31. The molecule has 0 radical (unpaired) electrons. The lowest BCUT2D eigenvalue weighted by Crippen LogP contribution is -1.99. The Morgan fingerprint density at radius 3 is 2.55 bits per heavy atom. The molecule has 0 bridgehead atoms. The van der Waals surface area contributed by atoms with Gasteiger partial charge in [0.05, 0.1) is 11.2 Å². The number of halogens is 2. The van der Waals surface area contributed by atoms with Gasteiger partial charge in [0.15, 0.2) is 5.82 Å². The first-order valence-electron chi connectivity index (χ1n) is 6.09. The lowest BCUT2D eigenvalue weighted by Gasteiger charge is -2.04. The van der Waals surface area contributed by atoms with Gasteiger partial charge in [-0.15, -0.1) is 11.6 Å². The molecule has 2 aromatic heterocycles. The first-order valence-corrected chi connectivity index (χ1v) is 7.00. The average molecular weight is 304 g/mol. The van der Waals surface area contributed by atoms with Crippen LogP contribution in [0.2, 0.25) is 5.02 Å². The molecular weight excluding hydrogens is 293 g/mol. The lowest BCUT2D eigenvalue weighted by atomic mass is 10.1. The molecule has 3 nitrogen and oxygen atoms in total. The lowest BCUT2D eigenvalue weighted by molar-refractivity contribution is 0.845. The van der Waals surface area contributed by atoms with E-state index in [1.54, 1.807) is 23.1 Å². The fourth-order valence-corrected chi connectivity index (χ4v) is 2.35. The van der Waals surface area contributed by atoms with Crippen LogP contribution in [0.4, 0.5) is 0 Å². The minimum Gasteiger partial charge on any atom is -0.235 e. The van der Waals surface area contributed by atoms with Gasteiger partial charge in [-0.3, -0.25) is 0 Å². The minimum absolute atomic E-state index is 0.390. The van der Waals surface area contributed by atoms with Gasteiger partial charge < -0.3 is 0 Å². The van der Waals surface area contributed by atoms with Gasteiger partial charge in [0.2, 0.25) is 0 Å². The summed E-state index contributed by atoms with van der Waals surface area (Å²) < 4.78 is 1.67. The van der Waals surface area contributed by atoms with E-state index in [4.69, 9.17) is 23.2 Å². The molecule has 0 atom stereocenters. The molecule has 1 aromatic carbocycles. The van der Waals surface area contributed by atoms with E-state index < -0.39 is 0 Å². The number of hydrogen-bond donors (Lipinski definition) is 0. The van der Waals surface area contributed by atoms with E-state index in [2.05, 4.69) is 10.1 Å². The summed E-state index contributed by atoms with van der Waals surface area (Å²) in [7, 11) is 0. The fraction of sp³-hybridized carbons (Fsp3) is 0.0667. The van der Waals surface area contributed by atoms with Crippen molar-refractivity contribution < 1.29 is 0 Å². The van der Waals surface area contributed by atoms with Crippen molar-refractivity contribution in [1.29, 1.82) is 0 Å². The maximum Gasteiger partial charge on any atom is 0.172 e. The van der Waals surface area contributed by atoms with E-state index in [9.17, 15) is 0 Å². The van der Waals surface area contributed by atoms with Crippen molar-refractivity contribution in [3.8, 4) is 16.9 Å². The van der Waals surface area contributed by atoms with Crippen molar-refractivity contribution in [1.82, 2.24) is 14.8 Å². The van der Waals surface area contributed by atoms with Crippen LogP contribution >= 0.6 is 23.2 Å². The van der Waals surface area contributed by atoms with Crippen LogP contribution < -0.4 is 0 Å². The second-order valence-corrected chi connectivity index (χ2v) is 5.00. The van der Waals surface area contributed by atoms with Crippen LogP contribution in [0.1, 0.15) is 5.56 Å². The molecule has 0 aliphatic rings. The van der Waals surface area contributed by atoms with Crippen molar-refractivity contribution in [2.24, 2.45) is 0 Å². The second kappa shape index (κ2) is 5.65. The Labute approximate surface area is 126 Å². The number of hydrogen-bond acceptors (Lipinski definition) is 2. The van der Waals surface area contributed by atoms with Gasteiger partial charge in [0.1, 0.15) is 0 Å². The molecule has 3 rings (SSSR count). The Hall–Kier alpha value is -1.84. The van der Waals surface area contributed by atoms with Crippen molar-refractivity contribution in [2.45, 2.75) is 5.88 Å². The van der Waals surface area contributed by atoms with E-state index in [0.717, 1.165) is 16.7 Å². The van der Waals surface area contributed by atoms with Crippen LogP contribution in [0.15, 0.2) is 55.0 Å². The normalized spacial score (nSPS) is 10.7. The highest BCUT2D eigenvalue weighted by Gasteiger charge is 2.08. The van der Waals surface area contributed by atoms with Crippen LogP contribution in [0, 0.1) is 0 Å². The number of aromatic nitrogens is 3. The highest BCUT2D eigenvalue weighted by Crippen LogP contribution is 2.23. The zero-order chi connectivity index (χ0) is 13.9. The van der Waals surface area contributed by atoms with Crippen molar-refractivity contribution in [3.63, 3.8) is 0 Å². The third-order valence-corrected chi connectivity index (χ3v) is 3.53. The standard InChI is InChI=1S/C15H11Cl2N3/c16-7-11-6-14(17)15(18-8-11)20-10-13(9-19-20)12-4-2-1-3-5-12/h1-6,8-10H,7H2. The Kier molecular flexibility index (Phi) is 3.72. The molecule has 0 aliphatic carbocycles. The maximum absolute atomic E-state index is 6.22. The summed E-state index contributed by atoms with van der Waals surface area (Å²) in [6.45, 7) is 0. The van der Waals surface area contributed by atoms with Gasteiger partial charge in [0, 0.05) is 23.8 Å². The highest BCUT2D eigenvalue weighted by molar-refractivity contribution is 6.32. The number of alkyl halides is 1. The molecule has 0 unspecified atom stereocenters. The predicted molar refractivity (Wildman–Crippen MR) is 81.4 cm³/mol. The van der Waals surface area contributed by atoms with E-state index in [0.29, 0.717) is 16.7 Å². The Balaban J connectivity index is 1.98. The molecule has 2 heterocycles. The fourth-order valence-electron chi connectivity index (χ4n) is 1.93. The maximum atomic E-state index is 6.22. The largest absolute Gasteiger partial charge is 0.235 e. The molecular formula is C15H11Cl2N3. The molecule has 20 heavy (non-hydrogen) atoms. The van der Waals surface area contributed by atoms with E-state index in [1.165, 1.54) is 0 Å². The van der Waals surface area contributed by atoms with Crippen LogP contribution in [0.3, 0.4) is 0 Å². The molecule has 0 saturated heterocycles. The van der Waals surface area contributed by atoms with Gasteiger partial charge in [-0.1, -0.05) is 41.9 Å². The average Bonchev–Trinajstić information content (AvgIpc) is 2.97.